The monoisotopic (exact) mass is 742 g/mol. The van der Waals surface area contributed by atoms with Crippen molar-refractivity contribution in [3.63, 3.8) is 0 Å². The fraction of sp³-hybridized carbons (Fsp3) is 0.259. The van der Waals surface area contributed by atoms with Crippen LogP contribution in [0.25, 0.3) is 0 Å². The van der Waals surface area contributed by atoms with Gasteiger partial charge in [0.2, 0.25) is 17.5 Å². The van der Waals surface area contributed by atoms with Gasteiger partial charge >= 0.3 is 0 Å². The first-order chi connectivity index (χ1) is 21.8. The molecule has 0 amide bonds. The Morgan fingerprint density at radius 1 is 0.396 bits per heavy atom. The van der Waals surface area contributed by atoms with Crippen molar-refractivity contribution >= 4 is 23.6 Å². The maximum absolute atomic E-state index is 17.0. The zero-order valence-corrected chi connectivity index (χ0v) is 24.1. The van der Waals surface area contributed by atoms with Crippen LogP contribution in [0.15, 0.2) is 11.7 Å². The van der Waals surface area contributed by atoms with E-state index in [0.717, 1.165) is 0 Å². The lowest BCUT2D eigenvalue weighted by Crippen LogP contribution is -2.83. The van der Waals surface area contributed by atoms with Crippen molar-refractivity contribution in [1.29, 1.82) is 0 Å². The minimum absolute atomic E-state index is 0.420. The lowest BCUT2D eigenvalue weighted by Gasteiger charge is -2.58. The number of alkyl halides is 3. The molecule has 0 aliphatic heterocycles. The van der Waals surface area contributed by atoms with Crippen LogP contribution in [0.2, 0.25) is 5.04 Å². The van der Waals surface area contributed by atoms with Gasteiger partial charge in [-0.3, -0.25) is 0 Å². The second-order valence-electron chi connectivity index (χ2n) is 10.8. The van der Waals surface area contributed by atoms with E-state index < -0.39 is 166 Å². The number of hydrogen-bond acceptors (Lipinski definition) is 0. The molecule has 3 aromatic carbocycles. The quantitative estimate of drug-likeness (QED) is 0.0838. The first-order valence-corrected chi connectivity index (χ1v) is 14.4. The topological polar surface area (TPSA) is 0 Å². The molecule has 0 saturated carbocycles. The summed E-state index contributed by atoms with van der Waals surface area (Å²) in [7, 11) is -8.67. The van der Waals surface area contributed by atoms with Crippen molar-refractivity contribution in [2.24, 2.45) is 0 Å². The van der Waals surface area contributed by atoms with Gasteiger partial charge < -0.3 is 0 Å². The third-order valence-corrected chi connectivity index (χ3v) is 14.5. The van der Waals surface area contributed by atoms with Crippen LogP contribution in [0.5, 0.6) is 0 Å². The number of halogens is 20. The van der Waals surface area contributed by atoms with E-state index in [1.54, 1.807) is 0 Å². The van der Waals surface area contributed by atoms with Crippen LogP contribution in [-0.4, -0.2) is 25.6 Å². The number of hydrogen-bond donors (Lipinski definition) is 0. The highest BCUT2D eigenvalue weighted by atomic mass is 28.3. The molecule has 0 nitrogen and oxygen atoms in total. The van der Waals surface area contributed by atoms with E-state index >= 15 is 43.9 Å². The molecule has 0 saturated heterocycles. The van der Waals surface area contributed by atoms with Crippen LogP contribution in [0, 0.1) is 87.3 Å². The first-order valence-electron chi connectivity index (χ1n) is 12.4. The van der Waals surface area contributed by atoms with Crippen molar-refractivity contribution in [1.82, 2.24) is 0 Å². The molecule has 21 heteroatoms. The molecule has 0 aromatic heterocycles. The zero-order chi connectivity index (χ0) is 37.1. The molecule has 4 atom stereocenters. The van der Waals surface area contributed by atoms with Gasteiger partial charge in [0.15, 0.2) is 101 Å². The van der Waals surface area contributed by atoms with Crippen molar-refractivity contribution in [2.45, 2.75) is 43.3 Å². The highest BCUT2D eigenvalue weighted by Gasteiger charge is 2.79. The molecular formula is C27H10F20Si. The van der Waals surface area contributed by atoms with Crippen LogP contribution in [0.1, 0.15) is 20.8 Å². The maximum Gasteiger partial charge on any atom is 0.200 e. The number of rotatable bonds is 4. The van der Waals surface area contributed by atoms with Gasteiger partial charge in [-0.1, -0.05) is 6.92 Å². The van der Waals surface area contributed by atoms with E-state index in [1.807, 2.05) is 0 Å². The number of benzene rings is 3. The second-order valence-corrected chi connectivity index (χ2v) is 14.8. The highest BCUT2D eigenvalue weighted by molar-refractivity contribution is 7.14. The summed E-state index contributed by atoms with van der Waals surface area (Å²) >= 11 is 0. The SMILES string of the molecule is CC1(F)C(F)C(F)=C(F)C(C)([Si](c2c(F)c(F)c(F)c(F)c2F)(c2c(F)c(F)c(F)c(F)c2F)c2c(F)c(F)c(F)c(F)c2F)C1(C)F. The lowest BCUT2D eigenvalue weighted by atomic mass is 9.71. The van der Waals surface area contributed by atoms with Crippen LogP contribution in [-0.2, 0) is 0 Å². The van der Waals surface area contributed by atoms with Gasteiger partial charge in [0.25, 0.3) is 0 Å². The van der Waals surface area contributed by atoms with Crippen LogP contribution in [0.4, 0.5) is 87.8 Å². The Balaban J connectivity index is 2.72. The van der Waals surface area contributed by atoms with Crippen molar-refractivity contribution in [2.75, 3.05) is 0 Å². The minimum atomic E-state index is -8.67. The standard InChI is InChI=1S/C27H10F20Si/c1-25(46)23(44)19(43)24(45)26(2,27(25,3)47)48(20-13(37)7(31)4(28)8(32)14(20)38,21-15(39)9(33)5(29)10(34)16(21)40)22-17(41)11(35)6(30)12(36)18(22)42/h23H,1-3H3. The smallest absolute Gasteiger partial charge is 0.200 e. The number of allylic oxidation sites excluding steroid dienone is 2. The maximum atomic E-state index is 17.0. The summed E-state index contributed by atoms with van der Waals surface area (Å²) in [5.41, 5.74) is -10.1. The molecule has 0 spiro atoms. The molecule has 1 aliphatic carbocycles. The van der Waals surface area contributed by atoms with Crippen molar-refractivity contribution in [3.05, 3.63) is 98.9 Å². The van der Waals surface area contributed by atoms with Crippen LogP contribution < -0.4 is 15.6 Å². The summed E-state index contributed by atoms with van der Waals surface area (Å²) in [4.78, 5) is 0. The predicted octanol–water partition coefficient (Wildman–Crippen LogP) is 7.96. The minimum Gasteiger partial charge on any atom is -0.240 e. The molecule has 0 heterocycles. The van der Waals surface area contributed by atoms with Crippen LogP contribution in [0.3, 0.4) is 0 Å². The summed E-state index contributed by atoms with van der Waals surface area (Å²) in [6.07, 6.45) is -4.28. The average Bonchev–Trinajstić information content (AvgIpc) is 3.03. The molecule has 0 radical (unpaired) electrons. The van der Waals surface area contributed by atoms with Gasteiger partial charge in [0.1, 0.15) is 5.83 Å². The predicted molar refractivity (Wildman–Crippen MR) is 125 cm³/mol. The largest absolute Gasteiger partial charge is 0.240 e. The summed E-state index contributed by atoms with van der Waals surface area (Å²) in [6, 6.07) is 0. The van der Waals surface area contributed by atoms with Gasteiger partial charge in [-0.2, -0.15) is 0 Å². The Morgan fingerprint density at radius 3 is 0.833 bits per heavy atom. The zero-order valence-electron chi connectivity index (χ0n) is 23.1. The van der Waals surface area contributed by atoms with E-state index in [9.17, 15) is 43.9 Å². The van der Waals surface area contributed by atoms with Crippen molar-refractivity contribution < 1.29 is 87.8 Å². The molecule has 0 fully saturated rings. The van der Waals surface area contributed by atoms with E-state index in [4.69, 9.17) is 0 Å². The average molecular weight is 742 g/mol. The molecular weight excluding hydrogens is 732 g/mol. The van der Waals surface area contributed by atoms with Crippen molar-refractivity contribution in [3.8, 4) is 0 Å². The Kier molecular flexibility index (Phi) is 8.58. The van der Waals surface area contributed by atoms with Gasteiger partial charge in [-0.05, 0) is 13.8 Å². The lowest BCUT2D eigenvalue weighted by molar-refractivity contribution is -0.0984. The summed E-state index contributed by atoms with van der Waals surface area (Å²) < 4.78 is 305. The molecule has 1 aliphatic rings. The van der Waals surface area contributed by atoms with Gasteiger partial charge in [-0.15, -0.1) is 0 Å². The van der Waals surface area contributed by atoms with Gasteiger partial charge in [0.05, 0.1) is 5.04 Å². The Labute approximate surface area is 254 Å². The van der Waals surface area contributed by atoms with E-state index in [2.05, 4.69) is 0 Å². The molecule has 0 N–H and O–H groups in total. The third kappa shape index (κ3) is 4.04. The fourth-order valence-corrected chi connectivity index (χ4v) is 12.2. The molecule has 3 aromatic rings. The summed E-state index contributed by atoms with van der Waals surface area (Å²) in [6.45, 7) is -1.61. The molecule has 0 bridgehead atoms. The third-order valence-electron chi connectivity index (χ3n) is 8.71. The van der Waals surface area contributed by atoms with Gasteiger partial charge in [-0.25, -0.2) is 87.8 Å². The molecule has 262 valence electrons. The van der Waals surface area contributed by atoms with E-state index in [0.29, 0.717) is 0 Å². The van der Waals surface area contributed by atoms with E-state index in [1.165, 1.54) is 0 Å². The fourth-order valence-electron chi connectivity index (χ4n) is 5.97. The molecule has 48 heavy (non-hydrogen) atoms. The summed E-state index contributed by atoms with van der Waals surface area (Å²) in [5, 5.41) is -15.6. The first kappa shape index (κ1) is 37.0. The highest BCUT2D eigenvalue weighted by Crippen LogP contribution is 2.66. The normalized spacial score (nSPS) is 24.9. The molecule has 4 rings (SSSR count). The van der Waals surface area contributed by atoms with Gasteiger partial charge in [0, 0.05) is 15.6 Å². The molecule has 4 unspecified atom stereocenters. The summed E-state index contributed by atoms with van der Waals surface area (Å²) in [5.74, 6) is -59.8. The van der Waals surface area contributed by atoms with E-state index in [-0.39, 0.29) is 0 Å². The Hall–Kier alpha value is -3.78. The Morgan fingerprint density at radius 2 is 0.604 bits per heavy atom. The van der Waals surface area contributed by atoms with Crippen LogP contribution >= 0.6 is 0 Å². The second kappa shape index (κ2) is 11.1. The Bertz CT molecular complexity index is 1690.